The Morgan fingerprint density at radius 3 is 2.85 bits per heavy atom. The minimum absolute atomic E-state index is 0.100. The Hall–Kier alpha value is -1.57. The van der Waals surface area contributed by atoms with Crippen molar-refractivity contribution in [2.24, 2.45) is 5.92 Å². The maximum absolute atomic E-state index is 13.5. The molecule has 0 atom stereocenters. The summed E-state index contributed by atoms with van der Waals surface area (Å²) in [4.78, 5) is 21.9. The number of hydrogen-bond donors (Lipinski definition) is 0. The SMILES string of the molecule is O=C(C1CCCC1)N(CCN1CCOCC1)c1nc2ccc(F)cc2s1. The number of benzene rings is 1. The van der Waals surface area contributed by atoms with Crippen molar-refractivity contribution < 1.29 is 13.9 Å². The van der Waals surface area contributed by atoms with Crippen molar-refractivity contribution >= 4 is 32.6 Å². The molecule has 0 radical (unpaired) electrons. The van der Waals surface area contributed by atoms with E-state index >= 15 is 0 Å². The quantitative estimate of drug-likeness (QED) is 0.802. The molecule has 2 fully saturated rings. The molecule has 0 spiro atoms. The summed E-state index contributed by atoms with van der Waals surface area (Å²) < 4.78 is 19.7. The molecule has 140 valence electrons. The molecule has 0 unspecified atom stereocenters. The third kappa shape index (κ3) is 3.89. The van der Waals surface area contributed by atoms with E-state index in [1.165, 1.54) is 23.5 Å². The zero-order valence-corrected chi connectivity index (χ0v) is 15.6. The fourth-order valence-electron chi connectivity index (χ4n) is 3.76. The summed E-state index contributed by atoms with van der Waals surface area (Å²) in [5.74, 6) is 0.00779. The topological polar surface area (TPSA) is 45.7 Å². The van der Waals surface area contributed by atoms with E-state index in [-0.39, 0.29) is 17.6 Å². The second-order valence-corrected chi connectivity index (χ2v) is 8.04. The number of halogens is 1. The fraction of sp³-hybridized carbons (Fsp3) is 0.579. The molecule has 4 rings (SSSR count). The summed E-state index contributed by atoms with van der Waals surface area (Å²) >= 11 is 1.40. The van der Waals surface area contributed by atoms with Gasteiger partial charge in [-0.25, -0.2) is 9.37 Å². The summed E-state index contributed by atoms with van der Waals surface area (Å²) in [6.07, 6.45) is 4.18. The van der Waals surface area contributed by atoms with E-state index in [1.807, 2.05) is 4.90 Å². The lowest BCUT2D eigenvalue weighted by Gasteiger charge is -2.30. The van der Waals surface area contributed by atoms with E-state index < -0.39 is 0 Å². The Kier molecular flexibility index (Phi) is 5.47. The fourth-order valence-corrected chi connectivity index (χ4v) is 4.78. The Labute approximate surface area is 156 Å². The largest absolute Gasteiger partial charge is 0.379 e. The zero-order chi connectivity index (χ0) is 17.9. The first-order chi connectivity index (χ1) is 12.7. The molecule has 2 heterocycles. The van der Waals surface area contributed by atoms with Crippen LogP contribution in [0.3, 0.4) is 0 Å². The van der Waals surface area contributed by atoms with Crippen LogP contribution in [0.15, 0.2) is 18.2 Å². The molecule has 1 aliphatic carbocycles. The number of thiazole rings is 1. The molecule has 1 saturated heterocycles. The molecule has 26 heavy (non-hydrogen) atoms. The van der Waals surface area contributed by atoms with E-state index in [4.69, 9.17) is 4.74 Å². The summed E-state index contributed by atoms with van der Waals surface area (Å²) in [6, 6.07) is 4.60. The number of hydrogen-bond acceptors (Lipinski definition) is 5. The van der Waals surface area contributed by atoms with Gasteiger partial charge in [-0.05, 0) is 31.0 Å². The van der Waals surface area contributed by atoms with E-state index in [2.05, 4.69) is 9.88 Å². The highest BCUT2D eigenvalue weighted by molar-refractivity contribution is 7.22. The highest BCUT2D eigenvalue weighted by Crippen LogP contribution is 2.33. The first-order valence-electron chi connectivity index (χ1n) is 9.38. The van der Waals surface area contributed by atoms with E-state index in [0.717, 1.165) is 68.7 Å². The first-order valence-corrected chi connectivity index (χ1v) is 10.2. The number of amides is 1. The molecule has 1 saturated carbocycles. The molecule has 2 aromatic rings. The van der Waals surface area contributed by atoms with Crippen LogP contribution in [-0.4, -0.2) is 55.2 Å². The van der Waals surface area contributed by atoms with Gasteiger partial charge in [-0.2, -0.15) is 0 Å². The van der Waals surface area contributed by atoms with Gasteiger partial charge >= 0.3 is 0 Å². The van der Waals surface area contributed by atoms with Crippen LogP contribution in [-0.2, 0) is 9.53 Å². The van der Waals surface area contributed by atoms with Crippen molar-refractivity contribution in [3.63, 3.8) is 0 Å². The summed E-state index contributed by atoms with van der Waals surface area (Å²) in [6.45, 7) is 4.73. The summed E-state index contributed by atoms with van der Waals surface area (Å²) in [5.41, 5.74) is 0.752. The van der Waals surface area contributed by atoms with Crippen molar-refractivity contribution in [2.45, 2.75) is 25.7 Å². The third-order valence-corrected chi connectivity index (χ3v) is 6.33. The maximum atomic E-state index is 13.5. The lowest BCUT2D eigenvalue weighted by Crippen LogP contribution is -2.44. The Morgan fingerprint density at radius 2 is 2.08 bits per heavy atom. The molecular formula is C19H24FN3O2S. The minimum atomic E-state index is -0.269. The standard InChI is InChI=1S/C19H24FN3O2S/c20-15-5-6-16-17(13-15)26-19(21-16)23(18(24)14-3-1-2-4-14)8-7-22-9-11-25-12-10-22/h5-6,13-14H,1-4,7-12H2. The number of carbonyl (C=O) groups excluding carboxylic acids is 1. The van der Waals surface area contributed by atoms with Crippen LogP contribution in [0.25, 0.3) is 10.2 Å². The smallest absolute Gasteiger partial charge is 0.231 e. The van der Waals surface area contributed by atoms with Gasteiger partial charge in [-0.3, -0.25) is 14.6 Å². The van der Waals surface area contributed by atoms with Gasteiger partial charge in [0.15, 0.2) is 5.13 Å². The molecule has 7 heteroatoms. The van der Waals surface area contributed by atoms with Crippen LogP contribution in [0.2, 0.25) is 0 Å². The lowest BCUT2D eigenvalue weighted by molar-refractivity contribution is -0.122. The predicted molar refractivity (Wildman–Crippen MR) is 101 cm³/mol. The molecular weight excluding hydrogens is 353 g/mol. The number of morpholine rings is 1. The second-order valence-electron chi connectivity index (χ2n) is 7.03. The van der Waals surface area contributed by atoms with Gasteiger partial charge in [0.25, 0.3) is 0 Å². The van der Waals surface area contributed by atoms with Crippen LogP contribution >= 0.6 is 11.3 Å². The maximum Gasteiger partial charge on any atom is 0.231 e. The van der Waals surface area contributed by atoms with E-state index in [1.54, 1.807) is 6.07 Å². The number of aromatic nitrogens is 1. The van der Waals surface area contributed by atoms with Crippen molar-refractivity contribution in [1.29, 1.82) is 0 Å². The molecule has 0 N–H and O–H groups in total. The normalized spacial score (nSPS) is 19.3. The van der Waals surface area contributed by atoms with Crippen molar-refractivity contribution in [3.05, 3.63) is 24.0 Å². The summed E-state index contributed by atoms with van der Waals surface area (Å²) in [5, 5.41) is 0.691. The Bertz CT molecular complexity index is 769. The first kappa shape index (κ1) is 17.8. The average molecular weight is 377 g/mol. The van der Waals surface area contributed by atoms with E-state index in [0.29, 0.717) is 11.7 Å². The van der Waals surface area contributed by atoms with Crippen LogP contribution in [0, 0.1) is 11.7 Å². The number of rotatable bonds is 5. The van der Waals surface area contributed by atoms with Crippen molar-refractivity contribution in [1.82, 2.24) is 9.88 Å². The zero-order valence-electron chi connectivity index (χ0n) is 14.8. The molecule has 1 aromatic heterocycles. The van der Waals surface area contributed by atoms with E-state index in [9.17, 15) is 9.18 Å². The molecule has 1 aliphatic heterocycles. The van der Waals surface area contributed by atoms with Gasteiger partial charge in [-0.1, -0.05) is 24.2 Å². The molecule has 2 aliphatic rings. The average Bonchev–Trinajstić information content (AvgIpc) is 3.32. The monoisotopic (exact) mass is 377 g/mol. The van der Waals surface area contributed by atoms with Gasteiger partial charge in [0.1, 0.15) is 5.82 Å². The van der Waals surface area contributed by atoms with Crippen LogP contribution in [0.4, 0.5) is 9.52 Å². The molecule has 0 bridgehead atoms. The van der Waals surface area contributed by atoms with Gasteiger partial charge in [0, 0.05) is 32.1 Å². The minimum Gasteiger partial charge on any atom is -0.379 e. The molecule has 1 aromatic carbocycles. The number of fused-ring (bicyclic) bond motifs is 1. The van der Waals surface area contributed by atoms with Crippen LogP contribution in [0.5, 0.6) is 0 Å². The van der Waals surface area contributed by atoms with Crippen molar-refractivity contribution in [2.75, 3.05) is 44.3 Å². The second kappa shape index (κ2) is 7.98. The Morgan fingerprint density at radius 1 is 1.31 bits per heavy atom. The van der Waals surface area contributed by atoms with Gasteiger partial charge in [0.2, 0.25) is 5.91 Å². The van der Waals surface area contributed by atoms with Crippen molar-refractivity contribution in [3.8, 4) is 0 Å². The number of nitrogens with zero attached hydrogens (tertiary/aromatic N) is 3. The Balaban J connectivity index is 1.56. The van der Waals surface area contributed by atoms with Crippen LogP contribution in [0.1, 0.15) is 25.7 Å². The highest BCUT2D eigenvalue weighted by Gasteiger charge is 2.30. The third-order valence-electron chi connectivity index (χ3n) is 5.28. The number of anilines is 1. The molecule has 5 nitrogen and oxygen atoms in total. The highest BCUT2D eigenvalue weighted by atomic mass is 32.1. The molecule has 1 amide bonds. The van der Waals surface area contributed by atoms with Crippen LogP contribution < -0.4 is 4.90 Å². The summed E-state index contributed by atoms with van der Waals surface area (Å²) in [7, 11) is 0. The predicted octanol–water partition coefficient (Wildman–Crippen LogP) is 3.29. The van der Waals surface area contributed by atoms with Gasteiger partial charge in [0.05, 0.1) is 23.4 Å². The number of ether oxygens (including phenoxy) is 1. The van der Waals surface area contributed by atoms with Gasteiger partial charge in [-0.15, -0.1) is 0 Å². The van der Waals surface area contributed by atoms with Gasteiger partial charge < -0.3 is 4.74 Å². The number of carbonyl (C=O) groups is 1. The lowest BCUT2D eigenvalue weighted by atomic mass is 10.1.